The Hall–Kier alpha value is -1.16. The Morgan fingerprint density at radius 2 is 2.06 bits per heavy atom. The molecule has 0 spiro atoms. The number of nitrogens with one attached hydrogen (secondary N) is 1. The summed E-state index contributed by atoms with van der Waals surface area (Å²) in [7, 11) is 0. The summed E-state index contributed by atoms with van der Waals surface area (Å²) in [4.78, 5) is 4.68. The van der Waals surface area contributed by atoms with Gasteiger partial charge in [-0.15, -0.1) is 0 Å². The lowest BCUT2D eigenvalue weighted by Gasteiger charge is -2.04. The summed E-state index contributed by atoms with van der Waals surface area (Å²) in [6.45, 7) is 2.09. The van der Waals surface area contributed by atoms with Gasteiger partial charge in [-0.05, 0) is 31.4 Å². The highest BCUT2D eigenvalue weighted by Crippen LogP contribution is 2.33. The maximum Gasteiger partial charge on any atom is 0.181 e. The Bertz CT molecular complexity index is 556. The van der Waals surface area contributed by atoms with Gasteiger partial charge in [-0.25, -0.2) is 4.98 Å². The maximum atomic E-state index is 4.68. The SMILES string of the molecule is Cc1c(Br)cccc1-c1n[nH]c(C2CCCC2)n1. The van der Waals surface area contributed by atoms with Crippen molar-refractivity contribution in [3.8, 4) is 11.4 Å². The van der Waals surface area contributed by atoms with Crippen LogP contribution in [-0.4, -0.2) is 15.2 Å². The molecule has 18 heavy (non-hydrogen) atoms. The van der Waals surface area contributed by atoms with Gasteiger partial charge in [0.05, 0.1) is 0 Å². The molecule has 0 saturated heterocycles. The predicted molar refractivity (Wildman–Crippen MR) is 75.5 cm³/mol. The number of aromatic amines is 1. The number of hydrogen-bond donors (Lipinski definition) is 1. The minimum absolute atomic E-state index is 0.582. The second-order valence-electron chi connectivity index (χ2n) is 4.94. The average molecular weight is 306 g/mol. The van der Waals surface area contributed by atoms with Crippen LogP contribution in [0.1, 0.15) is 43.0 Å². The minimum atomic E-state index is 0.582. The highest BCUT2D eigenvalue weighted by Gasteiger charge is 2.21. The Kier molecular flexibility index (Phi) is 3.20. The first-order valence-corrected chi connectivity index (χ1v) is 7.23. The molecule has 0 atom stereocenters. The van der Waals surface area contributed by atoms with Gasteiger partial charge in [0.15, 0.2) is 5.82 Å². The van der Waals surface area contributed by atoms with Crippen molar-refractivity contribution in [3.05, 3.63) is 34.1 Å². The summed E-state index contributed by atoms with van der Waals surface area (Å²) in [6, 6.07) is 6.14. The van der Waals surface area contributed by atoms with Crippen molar-refractivity contribution in [2.75, 3.05) is 0 Å². The van der Waals surface area contributed by atoms with E-state index in [9.17, 15) is 0 Å². The molecule has 4 heteroatoms. The van der Waals surface area contributed by atoms with Gasteiger partial charge >= 0.3 is 0 Å². The number of nitrogens with zero attached hydrogens (tertiary/aromatic N) is 2. The van der Waals surface area contributed by atoms with Crippen molar-refractivity contribution >= 4 is 15.9 Å². The molecule has 1 aliphatic carbocycles. The summed E-state index contributed by atoms with van der Waals surface area (Å²) >= 11 is 3.55. The van der Waals surface area contributed by atoms with Crippen molar-refractivity contribution in [1.29, 1.82) is 0 Å². The second-order valence-corrected chi connectivity index (χ2v) is 5.79. The van der Waals surface area contributed by atoms with Crippen LogP contribution in [0.5, 0.6) is 0 Å². The lowest BCUT2D eigenvalue weighted by Crippen LogP contribution is -1.94. The molecule has 1 N–H and O–H groups in total. The van der Waals surface area contributed by atoms with Crippen LogP contribution >= 0.6 is 15.9 Å². The third-order valence-electron chi connectivity index (χ3n) is 3.75. The van der Waals surface area contributed by atoms with Crippen LogP contribution in [0.15, 0.2) is 22.7 Å². The number of rotatable bonds is 2. The van der Waals surface area contributed by atoms with Crippen molar-refractivity contribution in [2.45, 2.75) is 38.5 Å². The molecule has 0 unspecified atom stereocenters. The summed E-state index contributed by atoms with van der Waals surface area (Å²) in [5.74, 6) is 2.45. The standard InChI is InChI=1S/C14H16BrN3/c1-9-11(7-4-8-12(9)15)14-16-13(17-18-14)10-5-2-3-6-10/h4,7-8,10H,2-3,5-6H2,1H3,(H,16,17,18). The average Bonchev–Trinajstić information content (AvgIpc) is 3.01. The van der Waals surface area contributed by atoms with Gasteiger partial charge in [0.1, 0.15) is 5.82 Å². The first-order valence-electron chi connectivity index (χ1n) is 6.43. The number of aromatic nitrogens is 3. The smallest absolute Gasteiger partial charge is 0.181 e. The van der Waals surface area contributed by atoms with E-state index in [2.05, 4.69) is 44.1 Å². The van der Waals surface area contributed by atoms with Crippen LogP contribution in [0.2, 0.25) is 0 Å². The fourth-order valence-corrected chi connectivity index (χ4v) is 2.99. The lowest BCUT2D eigenvalue weighted by molar-refractivity contribution is 0.672. The highest BCUT2D eigenvalue weighted by atomic mass is 79.9. The largest absolute Gasteiger partial charge is 0.262 e. The molecule has 2 aromatic rings. The highest BCUT2D eigenvalue weighted by molar-refractivity contribution is 9.10. The predicted octanol–water partition coefficient (Wildman–Crippen LogP) is 4.20. The monoisotopic (exact) mass is 305 g/mol. The van der Waals surface area contributed by atoms with Gasteiger partial charge < -0.3 is 0 Å². The Morgan fingerprint density at radius 1 is 1.28 bits per heavy atom. The zero-order chi connectivity index (χ0) is 12.5. The molecule has 0 bridgehead atoms. The molecular weight excluding hydrogens is 290 g/mol. The van der Waals surface area contributed by atoms with Crippen molar-refractivity contribution in [3.63, 3.8) is 0 Å². The molecule has 0 aliphatic heterocycles. The Balaban J connectivity index is 1.95. The molecule has 1 fully saturated rings. The van der Waals surface area contributed by atoms with Gasteiger partial charge in [-0.2, -0.15) is 5.10 Å². The molecule has 1 heterocycles. The van der Waals surface area contributed by atoms with Crippen LogP contribution in [0.25, 0.3) is 11.4 Å². The zero-order valence-corrected chi connectivity index (χ0v) is 12.0. The van der Waals surface area contributed by atoms with E-state index in [1.165, 1.54) is 31.2 Å². The molecule has 1 aromatic carbocycles. The topological polar surface area (TPSA) is 41.6 Å². The third kappa shape index (κ3) is 2.09. The maximum absolute atomic E-state index is 4.68. The van der Waals surface area contributed by atoms with E-state index in [0.717, 1.165) is 21.7 Å². The molecule has 3 rings (SSSR count). The van der Waals surface area contributed by atoms with Gasteiger partial charge in [-0.3, -0.25) is 5.10 Å². The summed E-state index contributed by atoms with van der Waals surface area (Å²) in [5, 5.41) is 7.49. The molecule has 1 saturated carbocycles. The number of halogens is 1. The fourth-order valence-electron chi connectivity index (χ4n) is 2.63. The van der Waals surface area contributed by atoms with Gasteiger partial charge in [0.2, 0.25) is 0 Å². The van der Waals surface area contributed by atoms with Gasteiger partial charge in [-0.1, -0.05) is 40.9 Å². The Morgan fingerprint density at radius 3 is 2.83 bits per heavy atom. The van der Waals surface area contributed by atoms with Crippen LogP contribution in [-0.2, 0) is 0 Å². The summed E-state index contributed by atoms with van der Waals surface area (Å²) < 4.78 is 1.10. The molecule has 94 valence electrons. The molecular formula is C14H16BrN3. The fraction of sp³-hybridized carbons (Fsp3) is 0.429. The van der Waals surface area contributed by atoms with Crippen molar-refractivity contribution in [2.24, 2.45) is 0 Å². The van der Waals surface area contributed by atoms with Crippen LogP contribution in [0.4, 0.5) is 0 Å². The zero-order valence-electron chi connectivity index (χ0n) is 10.4. The van der Waals surface area contributed by atoms with E-state index in [1.807, 2.05) is 12.1 Å². The first kappa shape index (κ1) is 11.9. The second kappa shape index (κ2) is 4.84. The van der Waals surface area contributed by atoms with E-state index in [1.54, 1.807) is 0 Å². The summed E-state index contributed by atoms with van der Waals surface area (Å²) in [6.07, 6.45) is 5.12. The normalized spacial score (nSPS) is 16.3. The van der Waals surface area contributed by atoms with E-state index in [4.69, 9.17) is 0 Å². The molecule has 0 amide bonds. The molecule has 3 nitrogen and oxygen atoms in total. The van der Waals surface area contributed by atoms with E-state index in [0.29, 0.717) is 5.92 Å². The van der Waals surface area contributed by atoms with Gasteiger partial charge in [0.25, 0.3) is 0 Å². The van der Waals surface area contributed by atoms with Crippen LogP contribution in [0.3, 0.4) is 0 Å². The van der Waals surface area contributed by atoms with E-state index >= 15 is 0 Å². The number of hydrogen-bond acceptors (Lipinski definition) is 2. The van der Waals surface area contributed by atoms with E-state index < -0.39 is 0 Å². The van der Waals surface area contributed by atoms with Crippen LogP contribution < -0.4 is 0 Å². The quantitative estimate of drug-likeness (QED) is 0.903. The van der Waals surface area contributed by atoms with Crippen LogP contribution in [0, 0.1) is 6.92 Å². The van der Waals surface area contributed by atoms with E-state index in [-0.39, 0.29) is 0 Å². The lowest BCUT2D eigenvalue weighted by atomic mass is 10.1. The third-order valence-corrected chi connectivity index (χ3v) is 4.61. The van der Waals surface area contributed by atoms with Crippen molar-refractivity contribution < 1.29 is 0 Å². The number of benzene rings is 1. The Labute approximate surface area is 115 Å². The molecule has 1 aliphatic rings. The molecule has 0 radical (unpaired) electrons. The van der Waals surface area contributed by atoms with Gasteiger partial charge in [0, 0.05) is 16.0 Å². The summed E-state index contributed by atoms with van der Waals surface area (Å²) in [5.41, 5.74) is 2.29. The first-order chi connectivity index (χ1) is 8.75. The molecule has 1 aromatic heterocycles. The van der Waals surface area contributed by atoms with Crippen molar-refractivity contribution in [1.82, 2.24) is 15.2 Å². The minimum Gasteiger partial charge on any atom is -0.262 e. The number of H-pyrrole nitrogens is 1.